The maximum Gasteiger partial charge on any atom is 0.0724 e. The van der Waals surface area contributed by atoms with Crippen LogP contribution < -0.4 is 11.1 Å². The van der Waals surface area contributed by atoms with Crippen LogP contribution in [0.4, 0.5) is 11.4 Å². The van der Waals surface area contributed by atoms with Crippen LogP contribution in [0.3, 0.4) is 0 Å². The number of nitrogens with two attached hydrogens (primary N) is 1. The molecule has 1 aromatic heterocycles. The van der Waals surface area contributed by atoms with E-state index in [1.165, 1.54) is 0 Å². The number of nitrogens with zero attached hydrogens (tertiary/aromatic N) is 1. The predicted molar refractivity (Wildman–Crippen MR) is 70.9 cm³/mol. The fraction of sp³-hybridized carbons (Fsp3) is 0.308. The number of aliphatic hydroxyl groups is 1. The van der Waals surface area contributed by atoms with E-state index < -0.39 is 0 Å². The van der Waals surface area contributed by atoms with Crippen molar-refractivity contribution in [2.45, 2.75) is 6.92 Å². The second kappa shape index (κ2) is 5.01. The van der Waals surface area contributed by atoms with Gasteiger partial charge in [0.25, 0.3) is 0 Å². The number of nitrogen functional groups attached to an aromatic ring is 1. The number of pyridine rings is 1. The van der Waals surface area contributed by atoms with Crippen LogP contribution in [0.5, 0.6) is 0 Å². The number of hydrogen-bond donors (Lipinski definition) is 3. The van der Waals surface area contributed by atoms with Crippen molar-refractivity contribution in [2.75, 3.05) is 24.2 Å². The average Bonchev–Trinajstić information content (AvgIpc) is 2.38. The third-order valence-electron chi connectivity index (χ3n) is 2.78. The molecule has 2 rings (SSSR count). The molecule has 4 heteroatoms. The van der Waals surface area contributed by atoms with Crippen LogP contribution in [0.25, 0.3) is 10.9 Å². The van der Waals surface area contributed by atoms with Crippen molar-refractivity contribution in [1.29, 1.82) is 0 Å². The molecule has 0 aliphatic rings. The summed E-state index contributed by atoms with van der Waals surface area (Å²) in [5.74, 6) is 0.207. The predicted octanol–water partition coefficient (Wildman–Crippen LogP) is 1.86. The first-order valence-electron chi connectivity index (χ1n) is 5.70. The molecule has 1 heterocycles. The molecular formula is C13H17N3O. The Morgan fingerprint density at radius 2 is 2.24 bits per heavy atom. The summed E-state index contributed by atoms with van der Waals surface area (Å²) in [6.45, 7) is 2.85. The van der Waals surface area contributed by atoms with Gasteiger partial charge >= 0.3 is 0 Å². The number of fused-ring (bicyclic) bond motifs is 1. The van der Waals surface area contributed by atoms with Crippen LogP contribution >= 0.6 is 0 Å². The van der Waals surface area contributed by atoms with E-state index in [1.54, 1.807) is 6.20 Å². The zero-order valence-corrected chi connectivity index (χ0v) is 9.85. The van der Waals surface area contributed by atoms with Crippen LogP contribution in [0, 0.1) is 5.92 Å². The Labute approximate surface area is 100 Å². The van der Waals surface area contributed by atoms with Crippen molar-refractivity contribution in [3.05, 3.63) is 30.5 Å². The van der Waals surface area contributed by atoms with Gasteiger partial charge in [-0.2, -0.15) is 0 Å². The highest BCUT2D eigenvalue weighted by Crippen LogP contribution is 2.27. The topological polar surface area (TPSA) is 71.2 Å². The average molecular weight is 231 g/mol. The molecule has 2 aromatic rings. The molecule has 0 fully saturated rings. The summed E-state index contributed by atoms with van der Waals surface area (Å²) in [6.07, 6.45) is 1.75. The van der Waals surface area contributed by atoms with E-state index in [9.17, 15) is 0 Å². The Balaban J connectivity index is 2.26. The summed E-state index contributed by atoms with van der Waals surface area (Å²) in [5.41, 5.74) is 8.58. The minimum Gasteiger partial charge on any atom is -0.397 e. The van der Waals surface area contributed by atoms with Crippen LogP contribution in [0.1, 0.15) is 6.92 Å². The first-order chi connectivity index (χ1) is 8.22. The molecule has 0 radical (unpaired) electrons. The molecule has 0 bridgehead atoms. The van der Waals surface area contributed by atoms with Gasteiger partial charge in [0.15, 0.2) is 0 Å². The molecule has 0 spiro atoms. The van der Waals surface area contributed by atoms with Crippen molar-refractivity contribution >= 4 is 22.3 Å². The number of aromatic nitrogens is 1. The molecule has 4 nitrogen and oxygen atoms in total. The van der Waals surface area contributed by atoms with Gasteiger partial charge in [-0.3, -0.25) is 4.98 Å². The lowest BCUT2D eigenvalue weighted by atomic mass is 10.1. The molecular weight excluding hydrogens is 214 g/mol. The van der Waals surface area contributed by atoms with E-state index in [0.717, 1.165) is 16.6 Å². The zero-order chi connectivity index (χ0) is 12.3. The number of anilines is 2. The smallest absolute Gasteiger partial charge is 0.0724 e. The van der Waals surface area contributed by atoms with E-state index in [2.05, 4.69) is 10.3 Å². The Kier molecular flexibility index (Phi) is 3.44. The van der Waals surface area contributed by atoms with Crippen molar-refractivity contribution in [3.63, 3.8) is 0 Å². The third-order valence-corrected chi connectivity index (χ3v) is 2.78. The van der Waals surface area contributed by atoms with E-state index >= 15 is 0 Å². The maximum atomic E-state index is 8.97. The maximum absolute atomic E-state index is 8.97. The second-order valence-corrected chi connectivity index (χ2v) is 4.27. The van der Waals surface area contributed by atoms with Gasteiger partial charge in [-0.1, -0.05) is 6.92 Å². The molecule has 4 N–H and O–H groups in total. The first-order valence-corrected chi connectivity index (χ1v) is 5.70. The van der Waals surface area contributed by atoms with Crippen molar-refractivity contribution in [2.24, 2.45) is 5.92 Å². The zero-order valence-electron chi connectivity index (χ0n) is 9.85. The Morgan fingerprint density at radius 1 is 1.41 bits per heavy atom. The molecule has 1 atom stereocenters. The molecule has 1 aromatic carbocycles. The summed E-state index contributed by atoms with van der Waals surface area (Å²) in [7, 11) is 0. The summed E-state index contributed by atoms with van der Waals surface area (Å²) >= 11 is 0. The molecule has 17 heavy (non-hydrogen) atoms. The molecule has 0 aliphatic carbocycles. The van der Waals surface area contributed by atoms with Crippen LogP contribution in [0.15, 0.2) is 30.5 Å². The van der Waals surface area contributed by atoms with Crippen molar-refractivity contribution < 1.29 is 5.11 Å². The molecule has 1 unspecified atom stereocenters. The number of nitrogens with one attached hydrogen (secondary N) is 1. The van der Waals surface area contributed by atoms with Crippen molar-refractivity contribution in [1.82, 2.24) is 4.98 Å². The largest absolute Gasteiger partial charge is 0.397 e. The molecule has 0 amide bonds. The van der Waals surface area contributed by atoms with Gasteiger partial charge in [0.05, 0.1) is 16.9 Å². The van der Waals surface area contributed by atoms with E-state index in [4.69, 9.17) is 10.8 Å². The van der Waals surface area contributed by atoms with Gasteiger partial charge in [-0.05, 0) is 30.2 Å². The van der Waals surface area contributed by atoms with E-state index in [1.807, 2.05) is 31.2 Å². The van der Waals surface area contributed by atoms with Crippen LogP contribution in [-0.2, 0) is 0 Å². The summed E-state index contributed by atoms with van der Waals surface area (Å²) in [4.78, 5) is 4.25. The minimum atomic E-state index is 0.169. The van der Waals surface area contributed by atoms with Gasteiger partial charge in [0.1, 0.15) is 0 Å². The lowest BCUT2D eigenvalue weighted by Crippen LogP contribution is -2.15. The summed E-state index contributed by atoms with van der Waals surface area (Å²) in [5, 5.41) is 13.2. The lowest BCUT2D eigenvalue weighted by molar-refractivity contribution is 0.244. The fourth-order valence-corrected chi connectivity index (χ4v) is 1.68. The molecule has 0 saturated carbocycles. The highest BCUT2D eigenvalue weighted by atomic mass is 16.3. The lowest BCUT2D eigenvalue weighted by Gasteiger charge is -2.14. The number of hydrogen-bond acceptors (Lipinski definition) is 4. The Hall–Kier alpha value is -1.81. The quantitative estimate of drug-likeness (QED) is 0.702. The van der Waals surface area contributed by atoms with Crippen LogP contribution in [0.2, 0.25) is 0 Å². The summed E-state index contributed by atoms with van der Waals surface area (Å²) < 4.78 is 0. The monoisotopic (exact) mass is 231 g/mol. The normalized spacial score (nSPS) is 12.6. The number of aliphatic hydroxyl groups excluding tert-OH is 1. The van der Waals surface area contributed by atoms with Crippen molar-refractivity contribution in [3.8, 4) is 0 Å². The van der Waals surface area contributed by atoms with Gasteiger partial charge in [0, 0.05) is 24.7 Å². The van der Waals surface area contributed by atoms with Gasteiger partial charge in [-0.15, -0.1) is 0 Å². The van der Waals surface area contributed by atoms with Gasteiger partial charge in [0.2, 0.25) is 0 Å². The molecule has 0 saturated heterocycles. The highest BCUT2D eigenvalue weighted by molar-refractivity contribution is 5.96. The Bertz CT molecular complexity index is 513. The second-order valence-electron chi connectivity index (χ2n) is 4.27. The number of benzene rings is 1. The van der Waals surface area contributed by atoms with Gasteiger partial charge in [-0.25, -0.2) is 0 Å². The molecule has 90 valence electrons. The third kappa shape index (κ3) is 2.47. The van der Waals surface area contributed by atoms with E-state index in [-0.39, 0.29) is 12.5 Å². The fourth-order valence-electron chi connectivity index (χ4n) is 1.68. The Morgan fingerprint density at radius 3 is 3.00 bits per heavy atom. The van der Waals surface area contributed by atoms with Gasteiger partial charge < -0.3 is 16.2 Å². The molecule has 0 aliphatic heterocycles. The van der Waals surface area contributed by atoms with Crippen LogP contribution in [-0.4, -0.2) is 23.2 Å². The number of rotatable bonds is 4. The SMILES string of the molecule is CC(CO)CNc1ccc2ncccc2c1N. The standard InChI is InChI=1S/C13H17N3O/c1-9(8-17)7-16-12-5-4-11-10(13(12)14)3-2-6-15-11/h2-6,9,16-17H,7-8,14H2,1H3. The first kappa shape index (κ1) is 11.7. The highest BCUT2D eigenvalue weighted by Gasteiger charge is 2.06. The summed E-state index contributed by atoms with van der Waals surface area (Å²) in [6, 6.07) is 7.70. The minimum absolute atomic E-state index is 0.169. The van der Waals surface area contributed by atoms with E-state index in [0.29, 0.717) is 12.2 Å².